The lowest BCUT2D eigenvalue weighted by molar-refractivity contribution is 0.299. The summed E-state index contributed by atoms with van der Waals surface area (Å²) in [6, 6.07) is 2.22. The van der Waals surface area contributed by atoms with E-state index in [1.54, 1.807) is 7.05 Å². The van der Waals surface area contributed by atoms with Crippen LogP contribution in [0.3, 0.4) is 0 Å². The van der Waals surface area contributed by atoms with Crippen LogP contribution in [0, 0.1) is 23.2 Å². The van der Waals surface area contributed by atoms with Crippen molar-refractivity contribution in [3.63, 3.8) is 0 Å². The molecule has 1 fully saturated rings. The highest BCUT2D eigenvalue weighted by molar-refractivity contribution is 6.00. The van der Waals surface area contributed by atoms with Crippen molar-refractivity contribution in [3.05, 3.63) is 0 Å². The van der Waals surface area contributed by atoms with Crippen molar-refractivity contribution < 1.29 is 0 Å². The molecule has 0 bridgehead atoms. The highest BCUT2D eigenvalue weighted by Gasteiger charge is 2.27. The van der Waals surface area contributed by atoms with Crippen molar-refractivity contribution in [1.29, 1.82) is 5.26 Å². The van der Waals surface area contributed by atoms with Crippen LogP contribution >= 0.6 is 0 Å². The minimum Gasteiger partial charge on any atom is -0.316 e. The second-order valence-corrected chi connectivity index (χ2v) is 3.87. The van der Waals surface area contributed by atoms with E-state index in [9.17, 15) is 0 Å². The molecular formula is C15H31N3. The van der Waals surface area contributed by atoms with Gasteiger partial charge in [-0.15, -0.1) is 0 Å². The van der Waals surface area contributed by atoms with Crippen LogP contribution in [-0.4, -0.2) is 25.8 Å². The number of nitrogens with zero attached hydrogens (tertiary/aromatic N) is 2. The molecule has 0 saturated carbocycles. The summed E-state index contributed by atoms with van der Waals surface area (Å²) in [7, 11) is 1.72. The van der Waals surface area contributed by atoms with E-state index in [2.05, 4.69) is 23.3 Å². The number of nitriles is 1. The van der Waals surface area contributed by atoms with Crippen LogP contribution in [-0.2, 0) is 0 Å². The molecule has 1 N–H and O–H groups in total. The van der Waals surface area contributed by atoms with Crippen molar-refractivity contribution in [1.82, 2.24) is 5.32 Å². The fraction of sp³-hybridized carbons (Fsp3) is 0.867. The maximum absolute atomic E-state index is 8.96. The van der Waals surface area contributed by atoms with E-state index in [-0.39, 0.29) is 0 Å². The summed E-state index contributed by atoms with van der Waals surface area (Å²) >= 11 is 0. The molecule has 0 aromatic rings. The van der Waals surface area contributed by atoms with Gasteiger partial charge in [0, 0.05) is 19.5 Å². The van der Waals surface area contributed by atoms with Gasteiger partial charge in [-0.2, -0.15) is 5.26 Å². The molecule has 0 spiro atoms. The molecule has 0 amide bonds. The lowest BCUT2D eigenvalue weighted by Gasteiger charge is -2.30. The van der Waals surface area contributed by atoms with E-state index in [0.29, 0.717) is 11.8 Å². The third-order valence-electron chi connectivity index (χ3n) is 2.99. The fourth-order valence-corrected chi connectivity index (χ4v) is 2.25. The highest BCUT2D eigenvalue weighted by Crippen LogP contribution is 2.25. The van der Waals surface area contributed by atoms with Gasteiger partial charge in [0.2, 0.25) is 0 Å². The molecule has 1 rings (SSSR count). The first-order chi connectivity index (χ1) is 8.83. The van der Waals surface area contributed by atoms with Crippen LogP contribution in [0.2, 0.25) is 0 Å². The van der Waals surface area contributed by atoms with Gasteiger partial charge in [-0.1, -0.05) is 41.0 Å². The Kier molecular flexibility index (Phi) is 15.3. The first kappa shape index (κ1) is 19.5. The van der Waals surface area contributed by atoms with Gasteiger partial charge in [-0.3, -0.25) is 4.99 Å². The minimum atomic E-state index is 0.346. The molecule has 2 unspecified atom stereocenters. The van der Waals surface area contributed by atoms with Gasteiger partial charge in [0.15, 0.2) is 0 Å². The van der Waals surface area contributed by atoms with Crippen LogP contribution < -0.4 is 5.32 Å². The molecule has 2 atom stereocenters. The molecule has 0 aliphatic carbocycles. The third kappa shape index (κ3) is 6.76. The maximum atomic E-state index is 8.96. The Bertz CT molecular complexity index is 239. The van der Waals surface area contributed by atoms with E-state index in [0.717, 1.165) is 18.8 Å². The molecule has 1 heterocycles. The number of hydrogen-bond donors (Lipinski definition) is 1. The van der Waals surface area contributed by atoms with E-state index < -0.39 is 0 Å². The SMILES string of the molecule is CC.CC.CCCC1CCNCC1C(C#N)=NC. The molecule has 0 radical (unpaired) electrons. The normalized spacial score (nSPS) is 22.8. The predicted molar refractivity (Wildman–Crippen MR) is 81.0 cm³/mol. The first-order valence-corrected chi connectivity index (χ1v) is 7.41. The van der Waals surface area contributed by atoms with Crippen molar-refractivity contribution in [2.24, 2.45) is 16.8 Å². The molecule has 1 aliphatic rings. The van der Waals surface area contributed by atoms with Crippen LogP contribution in [0.15, 0.2) is 4.99 Å². The van der Waals surface area contributed by atoms with Crippen LogP contribution in [0.5, 0.6) is 0 Å². The molecule has 1 saturated heterocycles. The number of rotatable bonds is 3. The Labute approximate surface area is 114 Å². The van der Waals surface area contributed by atoms with E-state index in [1.807, 2.05) is 27.7 Å². The summed E-state index contributed by atoms with van der Waals surface area (Å²) < 4.78 is 0. The van der Waals surface area contributed by atoms with E-state index in [4.69, 9.17) is 5.26 Å². The Morgan fingerprint density at radius 2 is 1.94 bits per heavy atom. The molecule has 0 aromatic carbocycles. The summed E-state index contributed by atoms with van der Waals surface area (Å²) in [6.45, 7) is 12.2. The highest BCUT2D eigenvalue weighted by atomic mass is 14.9. The van der Waals surface area contributed by atoms with E-state index >= 15 is 0 Å². The zero-order valence-corrected chi connectivity index (χ0v) is 13.1. The van der Waals surface area contributed by atoms with Crippen molar-refractivity contribution in [2.75, 3.05) is 20.1 Å². The first-order valence-electron chi connectivity index (χ1n) is 7.41. The molecule has 1 aliphatic heterocycles. The zero-order chi connectivity index (χ0) is 14.4. The quantitative estimate of drug-likeness (QED) is 0.780. The van der Waals surface area contributed by atoms with Crippen molar-refractivity contribution in [2.45, 2.75) is 53.9 Å². The van der Waals surface area contributed by atoms with Crippen molar-refractivity contribution >= 4 is 5.71 Å². The second-order valence-electron chi connectivity index (χ2n) is 3.87. The summed E-state index contributed by atoms with van der Waals surface area (Å²) in [4.78, 5) is 4.08. The van der Waals surface area contributed by atoms with Crippen LogP contribution in [0.25, 0.3) is 0 Å². The topological polar surface area (TPSA) is 48.2 Å². The Morgan fingerprint density at radius 3 is 2.39 bits per heavy atom. The van der Waals surface area contributed by atoms with Gasteiger partial charge in [0.25, 0.3) is 0 Å². The fourth-order valence-electron chi connectivity index (χ4n) is 2.25. The average molecular weight is 253 g/mol. The molecule has 106 valence electrons. The maximum Gasteiger partial charge on any atom is 0.116 e. The zero-order valence-electron chi connectivity index (χ0n) is 13.1. The number of aliphatic imine (C=N–C) groups is 1. The summed E-state index contributed by atoms with van der Waals surface area (Å²) in [5.74, 6) is 0.998. The molecule has 3 heteroatoms. The largest absolute Gasteiger partial charge is 0.316 e. The van der Waals surface area contributed by atoms with Crippen LogP contribution in [0.1, 0.15) is 53.9 Å². The van der Waals surface area contributed by atoms with Gasteiger partial charge in [-0.05, 0) is 25.3 Å². The molecular weight excluding hydrogens is 222 g/mol. The minimum absolute atomic E-state index is 0.346. The number of piperidine rings is 1. The number of hydrogen-bond acceptors (Lipinski definition) is 3. The standard InChI is InChI=1S/C11H19N3.2C2H6/c1-3-4-9-5-6-14-8-10(9)11(7-12)13-2;2*1-2/h9-10,14H,3-6,8H2,1-2H3;2*1-2H3. The van der Waals surface area contributed by atoms with E-state index in [1.165, 1.54) is 19.3 Å². The molecule has 0 aromatic heterocycles. The Hall–Kier alpha value is -0.880. The lowest BCUT2D eigenvalue weighted by Crippen LogP contribution is -2.40. The summed E-state index contributed by atoms with van der Waals surface area (Å²) in [5, 5.41) is 12.3. The second kappa shape index (κ2) is 14.2. The monoisotopic (exact) mass is 253 g/mol. The smallest absolute Gasteiger partial charge is 0.116 e. The Balaban J connectivity index is 0. The molecule has 18 heavy (non-hydrogen) atoms. The van der Waals surface area contributed by atoms with Gasteiger partial charge in [0.1, 0.15) is 11.8 Å². The lowest BCUT2D eigenvalue weighted by atomic mass is 9.80. The predicted octanol–water partition coefficient (Wildman–Crippen LogP) is 3.66. The molecule has 3 nitrogen and oxygen atoms in total. The van der Waals surface area contributed by atoms with Crippen molar-refractivity contribution in [3.8, 4) is 6.07 Å². The van der Waals surface area contributed by atoms with Gasteiger partial charge >= 0.3 is 0 Å². The third-order valence-corrected chi connectivity index (χ3v) is 2.99. The Morgan fingerprint density at radius 1 is 1.33 bits per heavy atom. The summed E-state index contributed by atoms with van der Waals surface area (Å²) in [5.41, 5.74) is 0.718. The average Bonchev–Trinajstić information content (AvgIpc) is 2.47. The number of nitrogens with one attached hydrogen (secondary N) is 1. The summed E-state index contributed by atoms with van der Waals surface area (Å²) in [6.07, 6.45) is 3.59. The van der Waals surface area contributed by atoms with Gasteiger partial charge in [0.05, 0.1) is 0 Å². The van der Waals surface area contributed by atoms with Crippen LogP contribution in [0.4, 0.5) is 0 Å². The van der Waals surface area contributed by atoms with Gasteiger partial charge < -0.3 is 5.32 Å². The van der Waals surface area contributed by atoms with Gasteiger partial charge in [-0.25, -0.2) is 0 Å².